The first kappa shape index (κ1) is 15.5. The van der Waals surface area contributed by atoms with Gasteiger partial charge >= 0.3 is 10.8 Å². The Hall–Kier alpha value is -1.91. The van der Waals surface area contributed by atoms with Crippen LogP contribution in [0.5, 0.6) is 0 Å². The van der Waals surface area contributed by atoms with E-state index in [1.54, 1.807) is 0 Å². The summed E-state index contributed by atoms with van der Waals surface area (Å²) in [6, 6.07) is 1.26. The van der Waals surface area contributed by atoms with Crippen molar-refractivity contribution in [2.45, 2.75) is 24.6 Å². The van der Waals surface area contributed by atoms with E-state index in [4.69, 9.17) is 9.52 Å². The Kier molecular flexibility index (Phi) is 4.03. The van der Waals surface area contributed by atoms with Crippen molar-refractivity contribution in [3.05, 3.63) is 38.5 Å². The van der Waals surface area contributed by atoms with Crippen LogP contribution in [0, 0.1) is 13.8 Å². The van der Waals surface area contributed by atoms with Gasteiger partial charge in [-0.3, -0.25) is 4.79 Å². The summed E-state index contributed by atoms with van der Waals surface area (Å²) in [7, 11) is -3.86. The number of aromatic carboxylic acids is 1. The molecule has 0 saturated heterocycles. The maximum absolute atomic E-state index is 12.0. The van der Waals surface area contributed by atoms with Crippen molar-refractivity contribution in [1.29, 1.82) is 0 Å². The third-order valence-corrected chi connectivity index (χ3v) is 5.67. The first-order valence-corrected chi connectivity index (χ1v) is 8.02. The maximum atomic E-state index is 12.0. The molecule has 2 rings (SSSR count). The molecule has 0 bridgehead atoms. The third kappa shape index (κ3) is 3.23. The number of carboxylic acids is 1. The number of aromatic amines is 1. The molecule has 0 aliphatic heterocycles. The fourth-order valence-electron chi connectivity index (χ4n) is 1.72. The zero-order valence-corrected chi connectivity index (χ0v) is 12.7. The highest BCUT2D eigenvalue weighted by Crippen LogP contribution is 2.18. The molecule has 0 saturated carbocycles. The number of carbonyl (C=O) groups is 1. The molecule has 2 aromatic heterocycles. The zero-order valence-electron chi connectivity index (χ0n) is 11.1. The number of sulfonamides is 1. The lowest BCUT2D eigenvalue weighted by Crippen LogP contribution is -2.22. The molecule has 0 atom stereocenters. The molecule has 114 valence electrons. The first-order valence-electron chi connectivity index (χ1n) is 5.72. The summed E-state index contributed by atoms with van der Waals surface area (Å²) >= 11 is 0.583. The molecule has 0 aliphatic carbocycles. The highest BCUT2D eigenvalue weighted by molar-refractivity contribution is 7.91. The second-order valence-electron chi connectivity index (χ2n) is 4.24. The van der Waals surface area contributed by atoms with E-state index in [0.717, 1.165) is 0 Å². The van der Waals surface area contributed by atoms with Crippen molar-refractivity contribution >= 4 is 27.3 Å². The predicted octanol–water partition coefficient (Wildman–Crippen LogP) is 0.823. The van der Waals surface area contributed by atoms with Crippen LogP contribution in [0.4, 0.5) is 0 Å². The average molecular weight is 332 g/mol. The van der Waals surface area contributed by atoms with Crippen LogP contribution in [0.3, 0.4) is 0 Å². The normalized spacial score (nSPS) is 11.7. The van der Waals surface area contributed by atoms with Gasteiger partial charge in [0.05, 0.1) is 6.54 Å². The number of carboxylic acid groups (broad SMARTS) is 1. The van der Waals surface area contributed by atoms with Gasteiger partial charge < -0.3 is 14.5 Å². The van der Waals surface area contributed by atoms with Gasteiger partial charge in [0.15, 0.2) is 4.21 Å². The lowest BCUT2D eigenvalue weighted by atomic mass is 10.2. The molecular weight excluding hydrogens is 320 g/mol. The molecule has 0 fully saturated rings. The lowest BCUT2D eigenvalue weighted by molar-refractivity contribution is 0.0695. The summed E-state index contributed by atoms with van der Waals surface area (Å²) < 4.78 is 31.4. The largest absolute Gasteiger partial charge is 0.478 e. The minimum Gasteiger partial charge on any atom is -0.478 e. The minimum atomic E-state index is -3.86. The number of aromatic nitrogens is 1. The Morgan fingerprint density at radius 2 is 2.14 bits per heavy atom. The summed E-state index contributed by atoms with van der Waals surface area (Å²) in [4.78, 5) is 23.9. The SMILES string of the molecule is Cc1[nH]c(=O)sc1S(=O)(=O)NCc1cc(C(=O)O)c(C)o1. The number of hydrogen-bond donors (Lipinski definition) is 3. The number of furan rings is 1. The van der Waals surface area contributed by atoms with Crippen LogP contribution in [0.25, 0.3) is 0 Å². The minimum absolute atomic E-state index is 0.0216. The van der Waals surface area contributed by atoms with Gasteiger partial charge in [-0.2, -0.15) is 0 Å². The summed E-state index contributed by atoms with van der Waals surface area (Å²) in [6.45, 7) is 2.75. The van der Waals surface area contributed by atoms with Gasteiger partial charge in [0, 0.05) is 5.69 Å². The van der Waals surface area contributed by atoms with Crippen LogP contribution in [0.1, 0.15) is 27.6 Å². The number of nitrogens with one attached hydrogen (secondary N) is 2. The first-order chi connectivity index (χ1) is 9.70. The van der Waals surface area contributed by atoms with Crippen molar-refractivity contribution in [1.82, 2.24) is 9.71 Å². The highest BCUT2D eigenvalue weighted by Gasteiger charge is 2.21. The van der Waals surface area contributed by atoms with E-state index < -0.39 is 20.9 Å². The van der Waals surface area contributed by atoms with Crippen LogP contribution in [0.2, 0.25) is 0 Å². The van der Waals surface area contributed by atoms with Crippen molar-refractivity contribution < 1.29 is 22.7 Å². The predicted molar refractivity (Wildman–Crippen MR) is 74.1 cm³/mol. The fraction of sp³-hybridized carbons (Fsp3) is 0.273. The summed E-state index contributed by atoms with van der Waals surface area (Å²) in [5.41, 5.74) is 0.228. The topological polar surface area (TPSA) is 129 Å². The van der Waals surface area contributed by atoms with E-state index in [0.29, 0.717) is 11.3 Å². The van der Waals surface area contributed by atoms with Crippen LogP contribution < -0.4 is 9.60 Å². The van der Waals surface area contributed by atoms with E-state index in [-0.39, 0.29) is 33.5 Å². The second kappa shape index (κ2) is 5.47. The van der Waals surface area contributed by atoms with Gasteiger partial charge in [-0.25, -0.2) is 17.9 Å². The molecule has 0 aromatic carbocycles. The van der Waals surface area contributed by atoms with Crippen molar-refractivity contribution in [3.8, 4) is 0 Å². The molecule has 3 N–H and O–H groups in total. The average Bonchev–Trinajstić information content (AvgIpc) is 2.90. The second-order valence-corrected chi connectivity index (χ2v) is 7.18. The maximum Gasteiger partial charge on any atom is 0.339 e. The van der Waals surface area contributed by atoms with E-state index in [2.05, 4.69) is 9.71 Å². The molecule has 8 nitrogen and oxygen atoms in total. The molecule has 0 radical (unpaired) electrons. The van der Waals surface area contributed by atoms with Gasteiger partial charge in [0.2, 0.25) is 0 Å². The molecule has 0 spiro atoms. The molecule has 0 amide bonds. The Morgan fingerprint density at radius 1 is 1.48 bits per heavy atom. The van der Waals surface area contributed by atoms with E-state index in [1.165, 1.54) is 19.9 Å². The van der Waals surface area contributed by atoms with Gasteiger partial charge in [-0.05, 0) is 19.9 Å². The van der Waals surface area contributed by atoms with E-state index in [1.807, 2.05) is 0 Å². The molecule has 0 unspecified atom stereocenters. The van der Waals surface area contributed by atoms with E-state index >= 15 is 0 Å². The van der Waals surface area contributed by atoms with Gasteiger partial charge in [0.25, 0.3) is 10.0 Å². The summed E-state index contributed by atoms with van der Waals surface area (Å²) in [5, 5.41) is 8.89. The molecule has 2 aromatic rings. The third-order valence-electron chi connectivity index (χ3n) is 2.66. The number of thiazole rings is 1. The Bertz CT molecular complexity index is 842. The monoisotopic (exact) mass is 332 g/mol. The van der Waals surface area contributed by atoms with Gasteiger partial charge in [0.1, 0.15) is 17.1 Å². The van der Waals surface area contributed by atoms with Gasteiger partial charge in [-0.15, -0.1) is 0 Å². The van der Waals surface area contributed by atoms with Crippen molar-refractivity contribution in [3.63, 3.8) is 0 Å². The number of rotatable bonds is 5. The quantitative estimate of drug-likeness (QED) is 0.743. The molecule has 2 heterocycles. The Balaban J connectivity index is 2.19. The van der Waals surface area contributed by atoms with E-state index in [9.17, 15) is 18.0 Å². The van der Waals surface area contributed by atoms with Crippen molar-refractivity contribution in [2.75, 3.05) is 0 Å². The van der Waals surface area contributed by atoms with Crippen LogP contribution in [-0.4, -0.2) is 24.5 Å². The Morgan fingerprint density at radius 3 is 2.62 bits per heavy atom. The number of H-pyrrole nitrogens is 1. The van der Waals surface area contributed by atoms with Crippen LogP contribution >= 0.6 is 11.3 Å². The Labute approximate surface area is 123 Å². The summed E-state index contributed by atoms with van der Waals surface area (Å²) in [5.74, 6) is -0.779. The van der Waals surface area contributed by atoms with Crippen LogP contribution in [-0.2, 0) is 16.6 Å². The standard InChI is InChI=1S/C11H12N2O6S2/c1-5-10(20-11(16)13-5)21(17,18)12-4-7-3-8(9(14)15)6(2)19-7/h3,12H,4H2,1-2H3,(H,13,16)(H,14,15). The molecular formula is C11H12N2O6S2. The van der Waals surface area contributed by atoms with Crippen molar-refractivity contribution in [2.24, 2.45) is 0 Å². The number of hydrogen-bond acceptors (Lipinski definition) is 6. The van der Waals surface area contributed by atoms with Gasteiger partial charge in [-0.1, -0.05) is 11.3 Å². The molecule has 10 heteroatoms. The number of aryl methyl sites for hydroxylation is 2. The summed E-state index contributed by atoms with van der Waals surface area (Å²) in [6.07, 6.45) is 0. The molecule has 0 aliphatic rings. The smallest absolute Gasteiger partial charge is 0.339 e. The lowest BCUT2D eigenvalue weighted by Gasteiger charge is -2.03. The zero-order chi connectivity index (χ0) is 15.8. The fourth-order valence-corrected chi connectivity index (χ4v) is 4.06. The van der Waals surface area contributed by atoms with Crippen LogP contribution in [0.15, 0.2) is 19.5 Å². The molecule has 21 heavy (non-hydrogen) atoms. The highest BCUT2D eigenvalue weighted by atomic mass is 32.2.